The summed E-state index contributed by atoms with van der Waals surface area (Å²) in [6.07, 6.45) is 1.31. The largest absolute Gasteiger partial charge is 0.493 e. The van der Waals surface area contributed by atoms with Gasteiger partial charge in [-0.05, 0) is 11.1 Å². The Kier molecular flexibility index (Phi) is 5.06. The Morgan fingerprint density at radius 2 is 1.57 bits per heavy atom. The quantitative estimate of drug-likeness (QED) is 0.604. The van der Waals surface area contributed by atoms with Crippen LogP contribution in [0.1, 0.15) is 17.5 Å². The molecule has 0 saturated carbocycles. The summed E-state index contributed by atoms with van der Waals surface area (Å²) in [5.41, 5.74) is 2.10. The second kappa shape index (κ2) is 7.61. The minimum atomic E-state index is -0.390. The summed E-state index contributed by atoms with van der Waals surface area (Å²) in [4.78, 5) is 11.5. The Hall–Kier alpha value is -2.59. The van der Waals surface area contributed by atoms with Gasteiger partial charge in [-0.3, -0.25) is 4.79 Å². The van der Waals surface area contributed by atoms with Crippen LogP contribution in [-0.2, 0) is 32.2 Å². The minimum Gasteiger partial charge on any atom is -0.493 e. The molecule has 0 aromatic heterocycles. The number of rotatable bonds is 6. The summed E-state index contributed by atoms with van der Waals surface area (Å²) in [6, 6.07) is 19.6. The highest BCUT2D eigenvalue weighted by Gasteiger charge is 2.31. The molecule has 1 heterocycles. The van der Waals surface area contributed by atoms with E-state index < -0.39 is 6.10 Å². The number of ether oxygens (including phenoxy) is 3. The van der Waals surface area contributed by atoms with Crippen molar-refractivity contribution in [2.75, 3.05) is 0 Å². The van der Waals surface area contributed by atoms with E-state index in [0.717, 1.165) is 11.1 Å². The van der Waals surface area contributed by atoms with Crippen LogP contribution in [0.3, 0.4) is 0 Å². The van der Waals surface area contributed by atoms with E-state index in [4.69, 9.17) is 14.2 Å². The molecule has 3 rings (SSSR count). The van der Waals surface area contributed by atoms with Crippen molar-refractivity contribution in [1.82, 2.24) is 0 Å². The van der Waals surface area contributed by atoms with Gasteiger partial charge in [0.2, 0.25) is 0 Å². The third-order valence-electron chi connectivity index (χ3n) is 3.49. The molecule has 1 aliphatic rings. The van der Waals surface area contributed by atoms with E-state index in [0.29, 0.717) is 19.0 Å². The molecule has 2 aromatic carbocycles. The van der Waals surface area contributed by atoms with Gasteiger partial charge in [-0.25, -0.2) is 0 Å². The van der Waals surface area contributed by atoms with E-state index >= 15 is 0 Å². The summed E-state index contributed by atoms with van der Waals surface area (Å²) >= 11 is 0. The molecule has 1 atom stereocenters. The van der Waals surface area contributed by atoms with Crippen LogP contribution in [0.15, 0.2) is 72.7 Å². The number of carbonyl (C=O) groups excluding carboxylic acids is 1. The first-order valence-corrected chi connectivity index (χ1v) is 7.53. The van der Waals surface area contributed by atoms with Gasteiger partial charge >= 0.3 is 5.97 Å². The van der Waals surface area contributed by atoms with E-state index in [-0.39, 0.29) is 12.4 Å². The van der Waals surface area contributed by atoms with Crippen LogP contribution in [0, 0.1) is 0 Å². The molecule has 4 heteroatoms. The second-order valence-electron chi connectivity index (χ2n) is 5.28. The highest BCUT2D eigenvalue weighted by atomic mass is 16.6. The van der Waals surface area contributed by atoms with Crippen molar-refractivity contribution in [3.05, 3.63) is 83.8 Å². The van der Waals surface area contributed by atoms with Crippen molar-refractivity contribution in [2.24, 2.45) is 0 Å². The van der Waals surface area contributed by atoms with Crippen molar-refractivity contribution in [3.63, 3.8) is 0 Å². The van der Waals surface area contributed by atoms with Crippen molar-refractivity contribution in [3.8, 4) is 0 Å². The molecule has 0 amide bonds. The average Bonchev–Trinajstić information content (AvgIpc) is 2.95. The van der Waals surface area contributed by atoms with Gasteiger partial charge < -0.3 is 14.2 Å². The topological polar surface area (TPSA) is 44.8 Å². The Labute approximate surface area is 135 Å². The summed E-state index contributed by atoms with van der Waals surface area (Å²) in [7, 11) is 0. The van der Waals surface area contributed by atoms with E-state index in [1.807, 2.05) is 60.7 Å². The standard InChI is InChI=1S/C19H18O4/c20-19-11-17(22-13-16-9-5-2-6-10-16)18(23-19)14-21-12-15-7-3-1-4-8-15/h1-10,14,17H,11-13H2/b18-14+/t17-/m0/s1. The van der Waals surface area contributed by atoms with Gasteiger partial charge in [-0.15, -0.1) is 0 Å². The lowest BCUT2D eigenvalue weighted by Crippen LogP contribution is -2.11. The van der Waals surface area contributed by atoms with Gasteiger partial charge in [0.05, 0.1) is 13.0 Å². The van der Waals surface area contributed by atoms with Crippen LogP contribution in [0.25, 0.3) is 0 Å². The smallest absolute Gasteiger partial charge is 0.314 e. The first-order chi connectivity index (χ1) is 11.3. The molecule has 0 aliphatic carbocycles. The molecule has 0 radical (unpaired) electrons. The lowest BCUT2D eigenvalue weighted by atomic mass is 10.2. The van der Waals surface area contributed by atoms with E-state index in [9.17, 15) is 4.79 Å². The van der Waals surface area contributed by atoms with Crippen LogP contribution in [0.5, 0.6) is 0 Å². The molecule has 118 valence electrons. The number of hydrogen-bond donors (Lipinski definition) is 0. The summed E-state index contributed by atoms with van der Waals surface area (Å²) in [5, 5.41) is 0. The van der Waals surface area contributed by atoms with Gasteiger partial charge in [0.25, 0.3) is 0 Å². The van der Waals surface area contributed by atoms with Crippen LogP contribution in [0.2, 0.25) is 0 Å². The number of benzene rings is 2. The molecular formula is C19H18O4. The van der Waals surface area contributed by atoms with Gasteiger partial charge in [0, 0.05) is 0 Å². The lowest BCUT2D eigenvalue weighted by Gasteiger charge is -2.11. The van der Waals surface area contributed by atoms with Crippen molar-refractivity contribution < 1.29 is 19.0 Å². The molecule has 4 nitrogen and oxygen atoms in total. The molecule has 23 heavy (non-hydrogen) atoms. The molecular weight excluding hydrogens is 292 g/mol. The van der Waals surface area contributed by atoms with Gasteiger partial charge in [-0.2, -0.15) is 0 Å². The molecule has 1 aliphatic heterocycles. The fourth-order valence-electron chi connectivity index (χ4n) is 2.30. The van der Waals surface area contributed by atoms with Crippen LogP contribution in [0.4, 0.5) is 0 Å². The first kappa shape index (κ1) is 15.3. The summed E-state index contributed by atoms with van der Waals surface area (Å²) in [6.45, 7) is 0.853. The monoisotopic (exact) mass is 310 g/mol. The van der Waals surface area contributed by atoms with Gasteiger partial charge in [0.1, 0.15) is 19.0 Å². The maximum absolute atomic E-state index is 11.5. The van der Waals surface area contributed by atoms with Gasteiger partial charge in [0.15, 0.2) is 5.76 Å². The minimum absolute atomic E-state index is 0.216. The predicted molar refractivity (Wildman–Crippen MR) is 85.0 cm³/mol. The van der Waals surface area contributed by atoms with Crippen molar-refractivity contribution in [1.29, 1.82) is 0 Å². The molecule has 1 fully saturated rings. The maximum Gasteiger partial charge on any atom is 0.314 e. The average molecular weight is 310 g/mol. The lowest BCUT2D eigenvalue weighted by molar-refractivity contribution is -0.135. The van der Waals surface area contributed by atoms with Crippen LogP contribution in [-0.4, -0.2) is 12.1 Å². The number of esters is 1. The zero-order valence-corrected chi connectivity index (χ0v) is 12.7. The molecule has 0 unspecified atom stereocenters. The Balaban J connectivity index is 1.56. The number of hydrogen-bond acceptors (Lipinski definition) is 4. The van der Waals surface area contributed by atoms with E-state index in [1.54, 1.807) is 0 Å². The zero-order valence-electron chi connectivity index (χ0n) is 12.7. The fourth-order valence-corrected chi connectivity index (χ4v) is 2.30. The maximum atomic E-state index is 11.5. The molecule has 2 aromatic rings. The third-order valence-corrected chi connectivity index (χ3v) is 3.49. The number of carbonyl (C=O) groups is 1. The SMILES string of the molecule is O=C1C[C@H](OCc2ccccc2)/C(=C\OCc2ccccc2)O1. The molecule has 0 spiro atoms. The van der Waals surface area contributed by atoms with E-state index in [1.165, 1.54) is 6.26 Å². The fraction of sp³-hybridized carbons (Fsp3) is 0.211. The first-order valence-electron chi connectivity index (χ1n) is 7.53. The zero-order chi connectivity index (χ0) is 15.9. The summed E-state index contributed by atoms with van der Waals surface area (Å²) < 4.78 is 16.5. The molecule has 0 bridgehead atoms. The Morgan fingerprint density at radius 3 is 2.22 bits per heavy atom. The predicted octanol–water partition coefficient (Wildman–Crippen LogP) is 3.58. The Morgan fingerprint density at radius 1 is 0.957 bits per heavy atom. The van der Waals surface area contributed by atoms with Crippen molar-refractivity contribution in [2.45, 2.75) is 25.7 Å². The van der Waals surface area contributed by atoms with Crippen molar-refractivity contribution >= 4 is 5.97 Å². The van der Waals surface area contributed by atoms with E-state index in [2.05, 4.69) is 0 Å². The third kappa shape index (κ3) is 4.44. The molecule has 1 saturated heterocycles. The highest BCUT2D eigenvalue weighted by molar-refractivity contribution is 5.74. The van der Waals surface area contributed by atoms with Gasteiger partial charge in [-0.1, -0.05) is 60.7 Å². The molecule has 0 N–H and O–H groups in total. The normalized spacial score (nSPS) is 18.9. The number of cyclic esters (lactones) is 1. The van der Waals surface area contributed by atoms with Crippen LogP contribution < -0.4 is 0 Å². The Bertz CT molecular complexity index is 664. The second-order valence-corrected chi connectivity index (χ2v) is 5.28. The van der Waals surface area contributed by atoms with Crippen LogP contribution >= 0.6 is 0 Å². The summed E-state index contributed by atoms with van der Waals surface area (Å²) in [5.74, 6) is 0.138. The highest BCUT2D eigenvalue weighted by Crippen LogP contribution is 2.23.